The predicted octanol–water partition coefficient (Wildman–Crippen LogP) is 2.09. The molecule has 7 heteroatoms. The van der Waals surface area contributed by atoms with E-state index < -0.39 is 0 Å². The molecule has 1 aromatic carbocycles. The molecular formula is C17H21FN4OS. The Morgan fingerprint density at radius 2 is 1.96 bits per heavy atom. The summed E-state index contributed by atoms with van der Waals surface area (Å²) in [4.78, 5) is 14.1. The molecule has 1 fully saturated rings. The third kappa shape index (κ3) is 4.23. The fourth-order valence-corrected chi connectivity index (χ4v) is 4.00. The van der Waals surface area contributed by atoms with Crippen molar-refractivity contribution in [2.75, 3.05) is 20.1 Å². The van der Waals surface area contributed by atoms with Gasteiger partial charge in [-0.2, -0.15) is 5.10 Å². The molecule has 1 aliphatic heterocycles. The van der Waals surface area contributed by atoms with Crippen molar-refractivity contribution < 1.29 is 9.18 Å². The third-order valence-electron chi connectivity index (χ3n) is 4.09. The van der Waals surface area contributed by atoms with Crippen molar-refractivity contribution in [3.8, 4) is 0 Å². The van der Waals surface area contributed by atoms with E-state index in [-0.39, 0.29) is 17.8 Å². The van der Waals surface area contributed by atoms with Crippen molar-refractivity contribution in [3.05, 3.63) is 53.6 Å². The quantitative estimate of drug-likeness (QED) is 0.774. The molecular weight excluding hydrogens is 327 g/mol. The van der Waals surface area contributed by atoms with Crippen molar-refractivity contribution in [3.63, 3.8) is 0 Å². The highest BCUT2D eigenvalue weighted by Crippen LogP contribution is 2.26. The van der Waals surface area contributed by atoms with Crippen molar-refractivity contribution in [1.82, 2.24) is 19.0 Å². The Morgan fingerprint density at radius 3 is 2.62 bits per heavy atom. The van der Waals surface area contributed by atoms with Crippen LogP contribution in [-0.4, -0.2) is 51.1 Å². The Morgan fingerprint density at radius 1 is 1.21 bits per heavy atom. The number of aryl methyl sites for hydroxylation is 1. The largest absolute Gasteiger partial charge is 0.297 e. The number of carbonyl (C=O) groups is 1. The van der Waals surface area contributed by atoms with Gasteiger partial charge in [0.2, 0.25) is 0 Å². The average molecular weight is 348 g/mol. The second-order valence-electron chi connectivity index (χ2n) is 6.14. The van der Waals surface area contributed by atoms with Crippen LogP contribution in [0.5, 0.6) is 0 Å². The number of rotatable bonds is 5. The maximum absolute atomic E-state index is 13.0. The van der Waals surface area contributed by atoms with Crippen LogP contribution in [0, 0.1) is 5.82 Å². The second kappa shape index (κ2) is 7.46. The molecule has 24 heavy (non-hydrogen) atoms. The molecule has 3 rings (SSSR count). The van der Waals surface area contributed by atoms with Gasteiger partial charge in [-0.1, -0.05) is 24.1 Å². The fourth-order valence-electron chi connectivity index (χ4n) is 2.85. The molecule has 2 aromatic rings. The van der Waals surface area contributed by atoms with E-state index in [2.05, 4.69) is 14.3 Å². The van der Waals surface area contributed by atoms with E-state index in [9.17, 15) is 9.18 Å². The lowest BCUT2D eigenvalue weighted by Crippen LogP contribution is -2.54. The lowest BCUT2D eigenvalue weighted by Gasteiger charge is -2.40. The zero-order valence-electron chi connectivity index (χ0n) is 13.9. The molecule has 1 saturated heterocycles. The number of aromatic nitrogens is 2. The number of ketones is 1. The molecule has 0 bridgehead atoms. The van der Waals surface area contributed by atoms with Crippen LogP contribution in [0.15, 0.2) is 36.7 Å². The van der Waals surface area contributed by atoms with E-state index in [0.717, 1.165) is 17.5 Å². The van der Waals surface area contributed by atoms with E-state index in [1.54, 1.807) is 28.8 Å². The Balaban J connectivity index is 1.68. The molecule has 0 aliphatic carbocycles. The topological polar surface area (TPSA) is 41.4 Å². The van der Waals surface area contributed by atoms with Crippen LogP contribution in [0.4, 0.5) is 4.39 Å². The van der Waals surface area contributed by atoms with Crippen molar-refractivity contribution in [1.29, 1.82) is 0 Å². The first-order chi connectivity index (χ1) is 11.5. The number of hydrogen-bond donors (Lipinski definition) is 0. The van der Waals surface area contributed by atoms with Gasteiger partial charge < -0.3 is 0 Å². The minimum atomic E-state index is -0.230. The van der Waals surface area contributed by atoms with Crippen LogP contribution in [0.3, 0.4) is 0 Å². The van der Waals surface area contributed by atoms with E-state index in [1.807, 2.05) is 26.5 Å². The molecule has 0 N–H and O–H groups in total. The summed E-state index contributed by atoms with van der Waals surface area (Å²) in [5.41, 5.74) is 2.19. The summed E-state index contributed by atoms with van der Waals surface area (Å²) in [6.07, 6.45) is 4.83. The first kappa shape index (κ1) is 17.1. The van der Waals surface area contributed by atoms with Crippen LogP contribution < -0.4 is 0 Å². The predicted molar refractivity (Wildman–Crippen MR) is 92.7 cm³/mol. The molecule has 2 heterocycles. The van der Waals surface area contributed by atoms with Gasteiger partial charge in [0.05, 0.1) is 25.5 Å². The van der Waals surface area contributed by atoms with Gasteiger partial charge in [0, 0.05) is 25.4 Å². The van der Waals surface area contributed by atoms with Gasteiger partial charge in [-0.25, -0.2) is 8.70 Å². The normalized spacial score (nSPS) is 19.8. The number of hydrogen-bond acceptors (Lipinski definition) is 5. The molecule has 1 atom stereocenters. The molecule has 1 aliphatic rings. The lowest BCUT2D eigenvalue weighted by atomic mass is 10.1. The molecule has 0 saturated carbocycles. The summed E-state index contributed by atoms with van der Waals surface area (Å²) in [6, 6.07) is 6.51. The Kier molecular flexibility index (Phi) is 5.33. The first-order valence-corrected chi connectivity index (χ1v) is 8.79. The molecule has 1 aromatic heterocycles. The smallest absolute Gasteiger partial charge is 0.161 e. The van der Waals surface area contributed by atoms with Gasteiger partial charge in [0.25, 0.3) is 0 Å². The van der Waals surface area contributed by atoms with E-state index in [1.165, 1.54) is 12.1 Å². The van der Waals surface area contributed by atoms with Crippen LogP contribution in [-0.2, 0) is 24.0 Å². The Labute approximate surface area is 145 Å². The molecule has 128 valence electrons. The lowest BCUT2D eigenvalue weighted by molar-refractivity contribution is -0.125. The van der Waals surface area contributed by atoms with Crippen LogP contribution in [0.2, 0.25) is 0 Å². The maximum atomic E-state index is 13.0. The zero-order chi connectivity index (χ0) is 17.1. The van der Waals surface area contributed by atoms with Gasteiger partial charge in [-0.15, -0.1) is 0 Å². The second-order valence-corrected chi connectivity index (χ2v) is 7.15. The van der Waals surface area contributed by atoms with Gasteiger partial charge in [0.1, 0.15) is 5.82 Å². The number of Topliss-reactive ketones (excluding diaryl/α,β-unsaturated/α-hetero) is 1. The average Bonchev–Trinajstić information content (AvgIpc) is 2.95. The maximum Gasteiger partial charge on any atom is 0.161 e. The third-order valence-corrected chi connectivity index (χ3v) is 5.25. The Hall–Kier alpha value is -1.70. The molecule has 0 radical (unpaired) electrons. The Bertz CT molecular complexity index is 703. The highest BCUT2D eigenvalue weighted by Gasteiger charge is 2.31. The number of likely N-dealkylation sites (N-methyl/N-ethyl adjacent to an activating group) is 1. The van der Waals surface area contributed by atoms with Gasteiger partial charge in [-0.05, 0) is 30.3 Å². The number of nitrogens with zero attached hydrogens (tertiary/aromatic N) is 4. The number of halogens is 1. The van der Waals surface area contributed by atoms with Gasteiger partial charge >= 0.3 is 0 Å². The van der Waals surface area contributed by atoms with Crippen LogP contribution in [0.1, 0.15) is 11.1 Å². The molecule has 0 amide bonds. The van der Waals surface area contributed by atoms with Gasteiger partial charge in [-0.3, -0.25) is 14.4 Å². The van der Waals surface area contributed by atoms with E-state index in [0.29, 0.717) is 18.8 Å². The monoisotopic (exact) mass is 348 g/mol. The summed E-state index contributed by atoms with van der Waals surface area (Å²) in [5, 5.41) is 4.22. The minimum absolute atomic E-state index is 0.136. The summed E-state index contributed by atoms with van der Waals surface area (Å²) in [5.74, 6) is 0.697. The molecule has 5 nitrogen and oxygen atoms in total. The van der Waals surface area contributed by atoms with Crippen LogP contribution in [0.25, 0.3) is 0 Å². The summed E-state index contributed by atoms with van der Waals surface area (Å²) in [6.45, 7) is 0.902. The zero-order valence-corrected chi connectivity index (χ0v) is 14.7. The van der Waals surface area contributed by atoms with Crippen molar-refractivity contribution in [2.24, 2.45) is 7.05 Å². The number of carbonyl (C=O) groups excluding carboxylic acids is 1. The first-order valence-electron chi connectivity index (χ1n) is 7.85. The minimum Gasteiger partial charge on any atom is -0.297 e. The highest BCUT2D eigenvalue weighted by atomic mass is 32.2. The van der Waals surface area contributed by atoms with Crippen molar-refractivity contribution >= 4 is 17.7 Å². The van der Waals surface area contributed by atoms with E-state index in [4.69, 9.17) is 0 Å². The standard InChI is InChI=1S/C17H21FN4OS/c1-20-10-16(23)11-22(17(20)7-14-8-19-21(2)9-14)24-12-13-3-5-15(18)6-4-13/h3-6,8-9,17H,7,10-12H2,1-2H3. The highest BCUT2D eigenvalue weighted by molar-refractivity contribution is 7.96. The summed E-state index contributed by atoms with van der Waals surface area (Å²) in [7, 11) is 3.88. The van der Waals surface area contributed by atoms with Gasteiger partial charge in [0.15, 0.2) is 5.78 Å². The van der Waals surface area contributed by atoms with Crippen LogP contribution >= 0.6 is 11.9 Å². The summed E-state index contributed by atoms with van der Waals surface area (Å²) >= 11 is 1.62. The fraction of sp³-hybridized carbons (Fsp3) is 0.412. The molecule has 0 spiro atoms. The summed E-state index contributed by atoms with van der Waals surface area (Å²) < 4.78 is 16.9. The SMILES string of the molecule is CN1CC(=O)CN(SCc2ccc(F)cc2)C1Cc1cnn(C)c1. The van der Waals surface area contributed by atoms with E-state index >= 15 is 0 Å². The van der Waals surface area contributed by atoms with Crippen molar-refractivity contribution in [2.45, 2.75) is 18.3 Å². The molecule has 1 unspecified atom stereocenters. The number of benzene rings is 1.